The van der Waals surface area contributed by atoms with Crippen molar-refractivity contribution in [3.05, 3.63) is 39.9 Å². The van der Waals surface area contributed by atoms with Crippen molar-refractivity contribution in [3.63, 3.8) is 0 Å². The van der Waals surface area contributed by atoms with E-state index in [0.29, 0.717) is 5.54 Å². The van der Waals surface area contributed by atoms with Crippen LogP contribution in [0.4, 0.5) is 5.69 Å². The fraction of sp³-hybridized carbons (Fsp3) is 0.625. The maximum absolute atomic E-state index is 10.7. The van der Waals surface area contributed by atoms with Crippen molar-refractivity contribution in [1.29, 1.82) is 0 Å². The Morgan fingerprint density at radius 3 is 2.35 bits per heavy atom. The van der Waals surface area contributed by atoms with Gasteiger partial charge >= 0.3 is 0 Å². The van der Waals surface area contributed by atoms with Gasteiger partial charge in [-0.15, -0.1) is 0 Å². The number of non-ortho nitro benzene ring substituents is 1. The largest absolute Gasteiger partial charge is 0.304 e. The molecular formula is C16H22N2O2. The van der Waals surface area contributed by atoms with Crippen LogP contribution in [0.2, 0.25) is 0 Å². The van der Waals surface area contributed by atoms with Gasteiger partial charge in [0.2, 0.25) is 0 Å². The topological polar surface area (TPSA) is 55.2 Å². The average molecular weight is 274 g/mol. The maximum Gasteiger partial charge on any atom is 0.269 e. The zero-order valence-electron chi connectivity index (χ0n) is 12.0. The summed E-state index contributed by atoms with van der Waals surface area (Å²) in [4.78, 5) is 10.3. The summed E-state index contributed by atoms with van der Waals surface area (Å²) in [6.07, 6.45) is 8.05. The molecule has 3 rings (SSSR count). The van der Waals surface area contributed by atoms with Gasteiger partial charge in [0.15, 0.2) is 0 Å². The summed E-state index contributed by atoms with van der Waals surface area (Å²) in [6, 6.07) is 7.21. The average Bonchev–Trinajstić information content (AvgIpc) is 3.02. The molecule has 2 aliphatic carbocycles. The summed E-state index contributed by atoms with van der Waals surface area (Å²) >= 11 is 0. The number of nitro groups is 1. The SMILES string of the molecule is CC(NC1(C2CCCC2)CC1)c1ccc([N+](=O)[O-])cc1. The molecule has 1 aromatic rings. The molecule has 1 atom stereocenters. The van der Waals surface area contributed by atoms with Crippen molar-refractivity contribution in [2.75, 3.05) is 0 Å². The second-order valence-electron chi connectivity index (χ2n) is 6.35. The highest BCUT2D eigenvalue weighted by Gasteiger charge is 2.50. The molecule has 0 bridgehead atoms. The fourth-order valence-electron chi connectivity index (χ4n) is 3.68. The molecule has 2 saturated carbocycles. The van der Waals surface area contributed by atoms with Crippen LogP contribution >= 0.6 is 0 Å². The molecule has 108 valence electrons. The molecule has 0 radical (unpaired) electrons. The molecule has 2 fully saturated rings. The minimum atomic E-state index is -0.344. The first-order valence-corrected chi connectivity index (χ1v) is 7.63. The quantitative estimate of drug-likeness (QED) is 0.653. The molecule has 1 unspecified atom stereocenters. The summed E-state index contributed by atoms with van der Waals surface area (Å²) in [5.74, 6) is 0.836. The van der Waals surface area contributed by atoms with Crippen molar-refractivity contribution >= 4 is 5.69 Å². The summed E-state index contributed by atoms with van der Waals surface area (Å²) in [5.41, 5.74) is 1.66. The highest BCUT2D eigenvalue weighted by Crippen LogP contribution is 2.50. The number of hydrogen-bond acceptors (Lipinski definition) is 3. The van der Waals surface area contributed by atoms with E-state index >= 15 is 0 Å². The molecule has 1 N–H and O–H groups in total. The van der Waals surface area contributed by atoms with E-state index in [1.807, 2.05) is 12.1 Å². The van der Waals surface area contributed by atoms with Gasteiger partial charge in [0, 0.05) is 23.7 Å². The molecule has 0 spiro atoms. The first kappa shape index (κ1) is 13.6. The zero-order valence-corrected chi connectivity index (χ0v) is 12.0. The lowest BCUT2D eigenvalue weighted by Gasteiger charge is -2.28. The lowest BCUT2D eigenvalue weighted by atomic mass is 9.94. The van der Waals surface area contributed by atoms with Gasteiger partial charge in [0.1, 0.15) is 0 Å². The molecule has 0 saturated heterocycles. The standard InChI is InChI=1S/C16H22N2O2/c1-12(13-6-8-15(9-7-13)18(19)20)17-16(10-11-16)14-4-2-3-5-14/h6-9,12,14,17H,2-5,10-11H2,1H3. The third-order valence-corrected chi connectivity index (χ3v) is 5.03. The molecule has 4 nitrogen and oxygen atoms in total. The summed E-state index contributed by atoms with van der Waals surface area (Å²) in [5, 5.41) is 14.5. The Hall–Kier alpha value is -1.42. The Kier molecular flexibility index (Phi) is 3.50. The van der Waals surface area contributed by atoms with E-state index in [1.54, 1.807) is 12.1 Å². The highest BCUT2D eigenvalue weighted by molar-refractivity contribution is 5.34. The van der Waals surface area contributed by atoms with Crippen LogP contribution in [0.5, 0.6) is 0 Å². The van der Waals surface area contributed by atoms with Gasteiger partial charge in [-0.2, -0.15) is 0 Å². The molecule has 0 aromatic heterocycles. The fourth-order valence-corrected chi connectivity index (χ4v) is 3.68. The van der Waals surface area contributed by atoms with Crippen molar-refractivity contribution in [2.24, 2.45) is 5.92 Å². The molecule has 1 aromatic carbocycles. The third kappa shape index (κ3) is 2.57. The van der Waals surface area contributed by atoms with Gasteiger partial charge in [0.25, 0.3) is 5.69 Å². The minimum Gasteiger partial charge on any atom is -0.304 e. The maximum atomic E-state index is 10.7. The number of rotatable bonds is 5. The van der Waals surface area contributed by atoms with Crippen molar-refractivity contribution in [3.8, 4) is 0 Å². The Bertz CT molecular complexity index is 488. The number of nitro benzene ring substituents is 1. The molecule has 0 amide bonds. The van der Waals surface area contributed by atoms with Crippen molar-refractivity contribution in [1.82, 2.24) is 5.32 Å². The van der Waals surface area contributed by atoms with Gasteiger partial charge < -0.3 is 5.32 Å². The second-order valence-corrected chi connectivity index (χ2v) is 6.35. The summed E-state index contributed by atoms with van der Waals surface area (Å²) in [7, 11) is 0. The lowest BCUT2D eigenvalue weighted by Crippen LogP contribution is -2.39. The molecule has 4 heteroatoms. The van der Waals surface area contributed by atoms with Crippen LogP contribution in [0.1, 0.15) is 57.1 Å². The van der Waals surface area contributed by atoms with E-state index < -0.39 is 0 Å². The smallest absolute Gasteiger partial charge is 0.269 e. The number of hydrogen-bond donors (Lipinski definition) is 1. The summed E-state index contributed by atoms with van der Waals surface area (Å²) in [6.45, 7) is 2.16. The Labute approximate surface area is 119 Å². The van der Waals surface area contributed by atoms with Crippen LogP contribution < -0.4 is 5.32 Å². The van der Waals surface area contributed by atoms with Crippen LogP contribution in [0.3, 0.4) is 0 Å². The van der Waals surface area contributed by atoms with E-state index in [-0.39, 0.29) is 16.7 Å². The lowest BCUT2D eigenvalue weighted by molar-refractivity contribution is -0.384. The van der Waals surface area contributed by atoms with Gasteiger partial charge in [-0.05, 0) is 44.1 Å². The number of nitrogens with zero attached hydrogens (tertiary/aromatic N) is 1. The van der Waals surface area contributed by atoms with Crippen LogP contribution in [0.25, 0.3) is 0 Å². The third-order valence-electron chi connectivity index (χ3n) is 5.03. The molecular weight excluding hydrogens is 252 g/mol. The normalized spacial score (nSPS) is 22.6. The van der Waals surface area contributed by atoms with E-state index in [1.165, 1.54) is 38.5 Å². The monoisotopic (exact) mass is 274 g/mol. The van der Waals surface area contributed by atoms with Gasteiger partial charge in [-0.1, -0.05) is 25.0 Å². The molecule has 0 heterocycles. The minimum absolute atomic E-state index is 0.165. The van der Waals surface area contributed by atoms with Crippen LogP contribution in [-0.2, 0) is 0 Å². The predicted octanol–water partition coefficient (Wildman–Crippen LogP) is 3.97. The summed E-state index contributed by atoms with van der Waals surface area (Å²) < 4.78 is 0. The molecule has 2 aliphatic rings. The Morgan fingerprint density at radius 2 is 1.85 bits per heavy atom. The van der Waals surface area contributed by atoms with Crippen molar-refractivity contribution < 1.29 is 4.92 Å². The van der Waals surface area contributed by atoms with Gasteiger partial charge in [0.05, 0.1) is 4.92 Å². The second kappa shape index (κ2) is 5.17. The highest BCUT2D eigenvalue weighted by atomic mass is 16.6. The first-order valence-electron chi connectivity index (χ1n) is 7.63. The number of benzene rings is 1. The van der Waals surface area contributed by atoms with Crippen molar-refractivity contribution in [2.45, 2.75) is 57.0 Å². The predicted molar refractivity (Wildman–Crippen MR) is 78.6 cm³/mol. The van der Waals surface area contributed by atoms with Gasteiger partial charge in [-0.25, -0.2) is 0 Å². The van der Waals surface area contributed by atoms with E-state index in [9.17, 15) is 10.1 Å². The number of nitrogens with one attached hydrogen (secondary N) is 1. The van der Waals surface area contributed by atoms with Crippen LogP contribution in [-0.4, -0.2) is 10.5 Å². The van der Waals surface area contributed by atoms with Crippen LogP contribution in [0, 0.1) is 16.0 Å². The Morgan fingerprint density at radius 1 is 1.25 bits per heavy atom. The van der Waals surface area contributed by atoms with E-state index in [0.717, 1.165) is 11.5 Å². The first-order chi connectivity index (χ1) is 9.61. The van der Waals surface area contributed by atoms with E-state index in [4.69, 9.17) is 0 Å². The van der Waals surface area contributed by atoms with E-state index in [2.05, 4.69) is 12.2 Å². The zero-order chi connectivity index (χ0) is 14.2. The Balaban J connectivity index is 1.66. The van der Waals surface area contributed by atoms with Crippen LogP contribution in [0.15, 0.2) is 24.3 Å². The van der Waals surface area contributed by atoms with Gasteiger partial charge in [-0.3, -0.25) is 10.1 Å². The molecule has 0 aliphatic heterocycles. The molecule has 20 heavy (non-hydrogen) atoms.